The normalized spacial score (nSPS) is 19.1. The highest BCUT2D eigenvalue weighted by atomic mass is 32.1. The van der Waals surface area contributed by atoms with E-state index in [1.165, 1.54) is 4.90 Å². The van der Waals surface area contributed by atoms with Gasteiger partial charge in [0.15, 0.2) is 5.78 Å². The first-order valence-electron chi connectivity index (χ1n) is 12.9. The van der Waals surface area contributed by atoms with Gasteiger partial charge in [0.25, 0.3) is 0 Å². The lowest BCUT2D eigenvalue weighted by molar-refractivity contribution is -0.161. The van der Waals surface area contributed by atoms with E-state index in [1.807, 2.05) is 57.5 Å². The predicted molar refractivity (Wildman–Crippen MR) is 145 cm³/mol. The van der Waals surface area contributed by atoms with Crippen LogP contribution in [0.3, 0.4) is 0 Å². The molecule has 0 aliphatic carbocycles. The van der Waals surface area contributed by atoms with Crippen LogP contribution in [-0.2, 0) is 25.5 Å². The van der Waals surface area contributed by atoms with Gasteiger partial charge < -0.3 is 14.7 Å². The van der Waals surface area contributed by atoms with Crippen LogP contribution in [0.15, 0.2) is 29.8 Å². The van der Waals surface area contributed by atoms with E-state index in [9.17, 15) is 19.5 Å². The van der Waals surface area contributed by atoms with Crippen LogP contribution >= 0.6 is 11.3 Å². The van der Waals surface area contributed by atoms with Crippen molar-refractivity contribution >= 4 is 29.0 Å². The van der Waals surface area contributed by atoms with E-state index in [2.05, 4.69) is 4.98 Å². The van der Waals surface area contributed by atoms with E-state index in [0.717, 1.165) is 21.7 Å². The van der Waals surface area contributed by atoms with Crippen LogP contribution in [0.25, 0.3) is 10.4 Å². The number of carbonyl (C=O) groups excluding carboxylic acids is 3. The summed E-state index contributed by atoms with van der Waals surface area (Å²) in [4.78, 5) is 46.4. The van der Waals surface area contributed by atoms with Gasteiger partial charge in [0.05, 0.1) is 40.6 Å². The second kappa shape index (κ2) is 11.4. The zero-order chi connectivity index (χ0) is 27.5. The van der Waals surface area contributed by atoms with Crippen LogP contribution in [0.5, 0.6) is 0 Å². The third-order valence-electron chi connectivity index (χ3n) is 6.69. The molecule has 0 saturated carbocycles. The monoisotopic (exact) mass is 528 g/mol. The molecule has 202 valence electrons. The third-order valence-corrected chi connectivity index (χ3v) is 7.67. The number of aromatic nitrogens is 1. The van der Waals surface area contributed by atoms with E-state index in [0.29, 0.717) is 6.42 Å². The number of ether oxygens (including phenoxy) is 1. The fourth-order valence-electron chi connectivity index (χ4n) is 4.71. The quantitative estimate of drug-likeness (QED) is 0.486. The number of β-amino-alcohol motifs (C(OH)–C–C–N with tert-alkyl or cyclic N) is 1. The summed E-state index contributed by atoms with van der Waals surface area (Å²) in [6.45, 7) is 13.2. The van der Waals surface area contributed by atoms with E-state index >= 15 is 0 Å². The molecule has 0 unspecified atom stereocenters. The Hall–Kier alpha value is -2.58. The largest absolute Gasteiger partial charge is 0.460 e. The molecule has 37 heavy (non-hydrogen) atoms. The van der Waals surface area contributed by atoms with Crippen LogP contribution in [0.1, 0.15) is 72.1 Å². The van der Waals surface area contributed by atoms with Gasteiger partial charge in [0.1, 0.15) is 5.60 Å². The number of esters is 1. The summed E-state index contributed by atoms with van der Waals surface area (Å²) in [6, 6.07) is 7.43. The first-order chi connectivity index (χ1) is 17.2. The zero-order valence-electron chi connectivity index (χ0n) is 23.0. The number of nitrogens with zero attached hydrogens (tertiary/aromatic N) is 2. The molecular weight excluding hydrogens is 488 g/mol. The molecule has 0 spiro atoms. The van der Waals surface area contributed by atoms with Crippen molar-refractivity contribution in [2.24, 2.45) is 11.3 Å². The van der Waals surface area contributed by atoms with Crippen molar-refractivity contribution in [2.45, 2.75) is 91.9 Å². The van der Waals surface area contributed by atoms with Gasteiger partial charge in [-0.05, 0) is 50.7 Å². The second-order valence-corrected chi connectivity index (χ2v) is 12.9. The molecule has 1 aromatic carbocycles. The minimum absolute atomic E-state index is 0.0707. The van der Waals surface area contributed by atoms with E-state index in [4.69, 9.17) is 4.74 Å². The fraction of sp³-hybridized carbons (Fsp3) is 0.586. The molecule has 7 nitrogen and oxygen atoms in total. The lowest BCUT2D eigenvalue weighted by Gasteiger charge is -2.35. The molecule has 1 amide bonds. The van der Waals surface area contributed by atoms with Crippen LogP contribution < -0.4 is 0 Å². The number of hydrogen-bond donors (Lipinski definition) is 1. The van der Waals surface area contributed by atoms with Crippen molar-refractivity contribution in [1.82, 2.24) is 9.88 Å². The van der Waals surface area contributed by atoms with Crippen molar-refractivity contribution in [3.8, 4) is 10.4 Å². The number of ketones is 1. The second-order valence-electron chi connectivity index (χ2n) is 12.0. The molecule has 1 saturated heterocycles. The van der Waals surface area contributed by atoms with Crippen molar-refractivity contribution < 1.29 is 24.2 Å². The minimum atomic E-state index is -0.762. The summed E-state index contributed by atoms with van der Waals surface area (Å²) in [7, 11) is 0. The molecule has 1 fully saturated rings. The Bertz CT molecular complexity index is 1110. The van der Waals surface area contributed by atoms with Crippen molar-refractivity contribution in [2.75, 3.05) is 6.54 Å². The number of likely N-dealkylation sites (tertiary alicyclic amines) is 1. The van der Waals surface area contributed by atoms with Gasteiger partial charge in [0.2, 0.25) is 5.91 Å². The average Bonchev–Trinajstić information content (AvgIpc) is 3.39. The topological polar surface area (TPSA) is 96.8 Å². The summed E-state index contributed by atoms with van der Waals surface area (Å²) in [6.07, 6.45) is 0.209. The lowest BCUT2D eigenvalue weighted by Crippen LogP contribution is -2.47. The Labute approximate surface area is 224 Å². The summed E-state index contributed by atoms with van der Waals surface area (Å²) >= 11 is 1.60. The van der Waals surface area contributed by atoms with Gasteiger partial charge >= 0.3 is 5.97 Å². The number of thiazole rings is 1. The SMILES string of the molecule is Cc1ncsc1-c1ccc(CCC(=O)[C@@H]2C[C@@H](O)CN2C(=O)[C@@H](CC(=O)OC(C)(C)C)C(C)(C)C)cc1. The maximum Gasteiger partial charge on any atom is 0.307 e. The number of aryl methyl sites for hydroxylation is 2. The molecule has 1 aliphatic rings. The molecule has 1 aromatic heterocycles. The molecule has 2 aromatic rings. The Balaban J connectivity index is 1.68. The van der Waals surface area contributed by atoms with Gasteiger partial charge in [0, 0.05) is 19.4 Å². The van der Waals surface area contributed by atoms with Crippen molar-refractivity contribution in [3.63, 3.8) is 0 Å². The van der Waals surface area contributed by atoms with Crippen LogP contribution in [-0.4, -0.2) is 56.9 Å². The van der Waals surface area contributed by atoms with Crippen LogP contribution in [0, 0.1) is 18.3 Å². The number of rotatable bonds is 8. The molecule has 8 heteroatoms. The fourth-order valence-corrected chi connectivity index (χ4v) is 5.52. The minimum Gasteiger partial charge on any atom is -0.460 e. The van der Waals surface area contributed by atoms with Gasteiger partial charge in [-0.25, -0.2) is 4.98 Å². The number of hydrogen-bond acceptors (Lipinski definition) is 7. The maximum atomic E-state index is 13.7. The summed E-state index contributed by atoms with van der Waals surface area (Å²) in [5, 5.41) is 10.4. The Morgan fingerprint density at radius 1 is 1.14 bits per heavy atom. The standard InChI is InChI=1S/C29H40N2O5S/c1-18-26(37-17-30-18)20-11-8-19(9-12-20)10-13-24(33)23-14-21(32)16-31(23)27(35)22(28(2,3)4)15-25(34)36-29(5,6)7/h8-9,11-12,17,21-23,32H,10,13-16H2,1-7H3/t21-,22-,23+/m1/s1. The first-order valence-corrected chi connectivity index (χ1v) is 13.8. The van der Waals surface area contributed by atoms with Crippen molar-refractivity contribution in [1.29, 1.82) is 0 Å². The highest BCUT2D eigenvalue weighted by Crippen LogP contribution is 2.34. The van der Waals surface area contributed by atoms with Crippen molar-refractivity contribution in [3.05, 3.63) is 41.0 Å². The predicted octanol–water partition coefficient (Wildman–Crippen LogP) is 4.98. The molecule has 1 aliphatic heterocycles. The molecule has 2 heterocycles. The Morgan fingerprint density at radius 2 is 1.78 bits per heavy atom. The van der Waals surface area contributed by atoms with Crippen LogP contribution in [0.4, 0.5) is 0 Å². The zero-order valence-corrected chi connectivity index (χ0v) is 23.9. The maximum absolute atomic E-state index is 13.7. The van der Waals surface area contributed by atoms with Gasteiger partial charge in [-0.2, -0.15) is 0 Å². The molecule has 1 N–H and O–H groups in total. The van der Waals surface area contributed by atoms with Gasteiger partial charge in [-0.3, -0.25) is 14.4 Å². The Kier molecular flexibility index (Phi) is 8.96. The van der Waals surface area contributed by atoms with E-state index < -0.39 is 35.0 Å². The third kappa shape index (κ3) is 7.71. The number of carbonyl (C=O) groups is 3. The smallest absolute Gasteiger partial charge is 0.307 e. The highest BCUT2D eigenvalue weighted by molar-refractivity contribution is 7.13. The molecule has 3 atom stereocenters. The lowest BCUT2D eigenvalue weighted by atomic mass is 9.77. The van der Waals surface area contributed by atoms with E-state index in [1.54, 1.807) is 32.1 Å². The number of benzene rings is 1. The molecule has 0 bridgehead atoms. The molecule has 3 rings (SSSR count). The van der Waals surface area contributed by atoms with E-state index in [-0.39, 0.29) is 37.5 Å². The Morgan fingerprint density at radius 3 is 2.32 bits per heavy atom. The average molecular weight is 529 g/mol. The highest BCUT2D eigenvalue weighted by Gasteiger charge is 2.44. The number of aliphatic hydroxyl groups is 1. The van der Waals surface area contributed by atoms with Gasteiger partial charge in [-0.15, -0.1) is 11.3 Å². The summed E-state index contributed by atoms with van der Waals surface area (Å²) < 4.78 is 5.47. The molecular formula is C29H40N2O5S. The number of aliphatic hydroxyl groups excluding tert-OH is 1. The number of Topliss-reactive ketones (excluding diaryl/α,β-unsaturated/α-hetero) is 1. The number of amides is 1. The molecule has 0 radical (unpaired) electrons. The first kappa shape index (κ1) is 29.0. The summed E-state index contributed by atoms with van der Waals surface area (Å²) in [5.74, 6) is -1.46. The summed E-state index contributed by atoms with van der Waals surface area (Å²) in [5.41, 5.74) is 3.79. The van der Waals surface area contributed by atoms with Gasteiger partial charge in [-0.1, -0.05) is 45.0 Å². The van der Waals surface area contributed by atoms with Crippen LogP contribution in [0.2, 0.25) is 0 Å².